The number of hydrogen-bond acceptors (Lipinski definition) is 4. The molecule has 0 unspecified atom stereocenters. The summed E-state index contributed by atoms with van der Waals surface area (Å²) in [6, 6.07) is 8.49. The van der Waals surface area contributed by atoms with Gasteiger partial charge in [0.05, 0.1) is 17.4 Å². The van der Waals surface area contributed by atoms with E-state index in [-0.39, 0.29) is 5.75 Å². The number of benzene rings is 1. The van der Waals surface area contributed by atoms with Gasteiger partial charge >= 0.3 is 6.36 Å². The molecule has 0 saturated carbocycles. The van der Waals surface area contributed by atoms with E-state index < -0.39 is 12.2 Å². The Morgan fingerprint density at radius 1 is 1.00 bits per heavy atom. The zero-order valence-corrected chi connectivity index (χ0v) is 14.4. The van der Waals surface area contributed by atoms with Gasteiger partial charge in [0.15, 0.2) is 0 Å². The van der Waals surface area contributed by atoms with Gasteiger partial charge in [0, 0.05) is 36.5 Å². The van der Waals surface area contributed by atoms with Crippen molar-refractivity contribution in [3.05, 3.63) is 60.8 Å². The van der Waals surface area contributed by atoms with Gasteiger partial charge in [-0.1, -0.05) is 0 Å². The van der Waals surface area contributed by atoms with Crippen LogP contribution in [-0.4, -0.2) is 26.1 Å². The number of aromatic nitrogens is 4. The molecule has 0 radical (unpaired) electrons. The molecule has 0 bridgehead atoms. The summed E-state index contributed by atoms with van der Waals surface area (Å²) < 4.78 is 56.2. The lowest BCUT2D eigenvalue weighted by atomic mass is 10.0. The summed E-state index contributed by atoms with van der Waals surface area (Å²) in [6.45, 7) is 0. The van der Waals surface area contributed by atoms with E-state index >= 15 is 0 Å². The third-order valence-electron chi connectivity index (χ3n) is 4.04. The summed E-state index contributed by atoms with van der Waals surface area (Å²) in [5, 5.41) is 5.02. The van der Waals surface area contributed by atoms with Crippen LogP contribution in [0.4, 0.5) is 17.6 Å². The highest BCUT2D eigenvalue weighted by atomic mass is 19.4. The van der Waals surface area contributed by atoms with Gasteiger partial charge in [0.1, 0.15) is 17.3 Å². The first-order valence-corrected chi connectivity index (χ1v) is 8.10. The molecule has 4 aromatic rings. The Balaban J connectivity index is 1.85. The Kier molecular flexibility index (Phi) is 4.21. The summed E-state index contributed by atoms with van der Waals surface area (Å²) in [5.74, 6) is -0.816. The first kappa shape index (κ1) is 17.9. The average Bonchev–Trinajstić information content (AvgIpc) is 3.02. The van der Waals surface area contributed by atoms with Crippen molar-refractivity contribution in [2.75, 3.05) is 0 Å². The van der Waals surface area contributed by atoms with Crippen molar-refractivity contribution in [2.45, 2.75) is 6.36 Å². The lowest BCUT2D eigenvalue weighted by molar-refractivity contribution is -0.274. The smallest absolute Gasteiger partial charge is 0.406 e. The van der Waals surface area contributed by atoms with Gasteiger partial charge in [-0.25, -0.2) is 4.39 Å². The molecular weight excluding hydrogens is 376 g/mol. The number of aryl methyl sites for hydroxylation is 1. The Labute approximate surface area is 156 Å². The maximum Gasteiger partial charge on any atom is 0.573 e. The van der Waals surface area contributed by atoms with E-state index in [1.54, 1.807) is 24.0 Å². The molecule has 0 fully saturated rings. The molecule has 3 aromatic heterocycles. The van der Waals surface area contributed by atoms with Crippen molar-refractivity contribution in [3.8, 4) is 28.3 Å². The largest absolute Gasteiger partial charge is 0.573 e. The molecule has 0 N–H and O–H groups in total. The molecule has 5 nitrogen and oxygen atoms in total. The second-order valence-corrected chi connectivity index (χ2v) is 6.01. The number of nitrogens with zero attached hydrogens (tertiary/aromatic N) is 4. The van der Waals surface area contributed by atoms with Crippen molar-refractivity contribution in [2.24, 2.45) is 7.05 Å². The van der Waals surface area contributed by atoms with Crippen molar-refractivity contribution in [1.82, 2.24) is 19.7 Å². The second-order valence-electron chi connectivity index (χ2n) is 6.01. The Morgan fingerprint density at radius 3 is 2.54 bits per heavy atom. The zero-order chi connectivity index (χ0) is 19.9. The molecule has 0 aliphatic carbocycles. The Morgan fingerprint density at radius 2 is 1.82 bits per heavy atom. The number of pyridine rings is 2. The zero-order valence-electron chi connectivity index (χ0n) is 14.4. The lowest BCUT2D eigenvalue weighted by Crippen LogP contribution is -2.17. The molecule has 0 spiro atoms. The number of ether oxygens (including phenoxy) is 1. The standard InChI is InChI=1S/C19H12F4N4O/c1-27-10-15(18(26-27)16-5-2-11(20)9-25-16)13-6-7-24-17-8-12(3-4-14(13)17)28-19(21,22)23/h2-10H,1H3. The van der Waals surface area contributed by atoms with Gasteiger partial charge in [-0.3, -0.25) is 14.6 Å². The monoisotopic (exact) mass is 388 g/mol. The van der Waals surface area contributed by atoms with Gasteiger partial charge in [0.25, 0.3) is 0 Å². The first-order valence-electron chi connectivity index (χ1n) is 8.10. The fraction of sp³-hybridized carbons (Fsp3) is 0.105. The summed E-state index contributed by atoms with van der Waals surface area (Å²) in [7, 11) is 1.73. The maximum absolute atomic E-state index is 13.2. The molecule has 28 heavy (non-hydrogen) atoms. The van der Waals surface area contributed by atoms with Crippen molar-refractivity contribution in [3.63, 3.8) is 0 Å². The number of fused-ring (bicyclic) bond motifs is 1. The molecule has 142 valence electrons. The number of halogens is 4. The molecule has 1 aromatic carbocycles. The van der Waals surface area contributed by atoms with E-state index in [1.165, 1.54) is 36.5 Å². The molecule has 0 aliphatic heterocycles. The minimum Gasteiger partial charge on any atom is -0.406 e. The van der Waals surface area contributed by atoms with Crippen LogP contribution in [0.3, 0.4) is 0 Å². The van der Waals surface area contributed by atoms with Crippen LogP contribution in [0.25, 0.3) is 33.4 Å². The third-order valence-corrected chi connectivity index (χ3v) is 4.04. The van der Waals surface area contributed by atoms with Crippen LogP contribution >= 0.6 is 0 Å². The lowest BCUT2D eigenvalue weighted by Gasteiger charge is -2.11. The van der Waals surface area contributed by atoms with E-state index in [1.807, 2.05) is 0 Å². The number of alkyl halides is 3. The SMILES string of the molecule is Cn1cc(-c2ccnc3cc(OC(F)(F)F)ccc23)c(-c2ccc(F)cn2)n1. The first-order chi connectivity index (χ1) is 13.3. The van der Waals surface area contributed by atoms with Gasteiger partial charge in [0.2, 0.25) is 0 Å². The van der Waals surface area contributed by atoms with Crippen LogP contribution in [0.5, 0.6) is 5.75 Å². The molecule has 0 amide bonds. The average molecular weight is 388 g/mol. The normalized spacial score (nSPS) is 11.8. The van der Waals surface area contributed by atoms with E-state index in [2.05, 4.69) is 19.8 Å². The van der Waals surface area contributed by atoms with E-state index in [0.717, 1.165) is 6.20 Å². The fourth-order valence-corrected chi connectivity index (χ4v) is 2.95. The highest BCUT2D eigenvalue weighted by molar-refractivity contribution is 5.98. The van der Waals surface area contributed by atoms with E-state index in [0.29, 0.717) is 33.4 Å². The van der Waals surface area contributed by atoms with Crippen molar-refractivity contribution in [1.29, 1.82) is 0 Å². The van der Waals surface area contributed by atoms with Crippen LogP contribution in [0.1, 0.15) is 0 Å². The quantitative estimate of drug-likeness (QED) is 0.476. The minimum atomic E-state index is -4.78. The van der Waals surface area contributed by atoms with Crippen LogP contribution in [0, 0.1) is 5.82 Å². The highest BCUT2D eigenvalue weighted by Gasteiger charge is 2.31. The van der Waals surface area contributed by atoms with Crippen LogP contribution in [0.15, 0.2) is 55.0 Å². The number of hydrogen-bond donors (Lipinski definition) is 0. The maximum atomic E-state index is 13.2. The van der Waals surface area contributed by atoms with Gasteiger partial charge in [-0.2, -0.15) is 5.10 Å². The summed E-state index contributed by atoms with van der Waals surface area (Å²) in [6.07, 6.45) is -0.436. The molecule has 0 aliphatic rings. The van der Waals surface area contributed by atoms with Crippen molar-refractivity contribution >= 4 is 10.9 Å². The predicted octanol–water partition coefficient (Wildman–Crippen LogP) is 4.74. The van der Waals surface area contributed by atoms with Gasteiger partial charge in [-0.05, 0) is 35.9 Å². The third kappa shape index (κ3) is 3.51. The fourth-order valence-electron chi connectivity index (χ4n) is 2.95. The van der Waals surface area contributed by atoms with E-state index in [4.69, 9.17) is 0 Å². The van der Waals surface area contributed by atoms with Gasteiger partial charge in [-0.15, -0.1) is 13.2 Å². The van der Waals surface area contributed by atoms with E-state index in [9.17, 15) is 17.6 Å². The molecule has 0 atom stereocenters. The topological polar surface area (TPSA) is 52.8 Å². The van der Waals surface area contributed by atoms with Crippen LogP contribution in [0.2, 0.25) is 0 Å². The summed E-state index contributed by atoms with van der Waals surface area (Å²) in [4.78, 5) is 8.21. The molecule has 4 rings (SSSR count). The predicted molar refractivity (Wildman–Crippen MR) is 93.8 cm³/mol. The molecule has 0 saturated heterocycles. The minimum absolute atomic E-state index is 0.334. The molecule has 9 heteroatoms. The number of rotatable bonds is 3. The van der Waals surface area contributed by atoms with Crippen molar-refractivity contribution < 1.29 is 22.3 Å². The molecule has 3 heterocycles. The Hall–Kier alpha value is -3.49. The van der Waals surface area contributed by atoms with Crippen LogP contribution < -0.4 is 4.74 Å². The summed E-state index contributed by atoms with van der Waals surface area (Å²) in [5.41, 5.74) is 2.72. The highest BCUT2D eigenvalue weighted by Crippen LogP contribution is 2.35. The van der Waals surface area contributed by atoms with Gasteiger partial charge < -0.3 is 4.74 Å². The summed E-state index contributed by atoms with van der Waals surface area (Å²) >= 11 is 0. The second kappa shape index (κ2) is 6.59. The Bertz CT molecular complexity index is 1150. The van der Waals surface area contributed by atoms with Crippen LogP contribution in [-0.2, 0) is 7.05 Å². The molecular formula is C19H12F4N4O.